The van der Waals surface area contributed by atoms with E-state index in [0.29, 0.717) is 31.6 Å². The second-order valence-electron chi connectivity index (χ2n) is 5.97. The molecule has 0 saturated carbocycles. The molecule has 0 spiro atoms. The van der Waals surface area contributed by atoms with Crippen LogP contribution in [0.2, 0.25) is 0 Å². The van der Waals surface area contributed by atoms with Crippen molar-refractivity contribution in [3.8, 4) is 0 Å². The molecular weight excluding hydrogens is 352 g/mol. The van der Waals surface area contributed by atoms with Crippen molar-refractivity contribution >= 4 is 17.5 Å². The summed E-state index contributed by atoms with van der Waals surface area (Å²) < 4.78 is 51.2. The first-order valence-electron chi connectivity index (χ1n) is 8.63. The zero-order valence-corrected chi connectivity index (χ0v) is 15.0. The van der Waals surface area contributed by atoms with Gasteiger partial charge in [0.05, 0.1) is 5.56 Å². The molecule has 0 radical (unpaired) electrons. The highest BCUT2D eigenvalue weighted by atomic mass is 19.4. The first-order chi connectivity index (χ1) is 12.2. The van der Waals surface area contributed by atoms with Gasteiger partial charge in [-0.2, -0.15) is 13.2 Å². The number of alkyl halides is 3. The fourth-order valence-electron chi connectivity index (χ4n) is 2.50. The van der Waals surface area contributed by atoms with Gasteiger partial charge in [-0.05, 0) is 37.5 Å². The number of benzene rings is 1. The van der Waals surface area contributed by atoms with Crippen molar-refractivity contribution in [2.45, 2.75) is 52.1 Å². The third-order valence-corrected chi connectivity index (χ3v) is 3.69. The molecule has 4 nitrogen and oxygen atoms in total. The van der Waals surface area contributed by atoms with Crippen molar-refractivity contribution in [1.29, 1.82) is 0 Å². The number of hydrogen-bond acceptors (Lipinski definition) is 2. The fraction of sp³-hybridized carbons (Fsp3) is 0.556. The lowest BCUT2D eigenvalue weighted by molar-refractivity contribution is -0.140. The SMILES string of the molecule is CCCN(CCC)C(=O)CCCC(=O)Nc1ccc(F)c(C(F)(F)F)c1. The van der Waals surface area contributed by atoms with Crippen LogP contribution in [0.15, 0.2) is 18.2 Å². The molecule has 26 heavy (non-hydrogen) atoms. The molecule has 1 N–H and O–H groups in total. The van der Waals surface area contributed by atoms with Gasteiger partial charge in [0.2, 0.25) is 11.8 Å². The summed E-state index contributed by atoms with van der Waals surface area (Å²) in [6, 6.07) is 2.29. The predicted molar refractivity (Wildman–Crippen MR) is 91.0 cm³/mol. The van der Waals surface area contributed by atoms with Crippen LogP contribution in [0.3, 0.4) is 0 Å². The first-order valence-corrected chi connectivity index (χ1v) is 8.63. The lowest BCUT2D eigenvalue weighted by Crippen LogP contribution is -2.32. The van der Waals surface area contributed by atoms with Gasteiger partial charge in [0.25, 0.3) is 0 Å². The topological polar surface area (TPSA) is 49.4 Å². The average molecular weight is 376 g/mol. The molecule has 8 heteroatoms. The van der Waals surface area contributed by atoms with E-state index in [2.05, 4.69) is 5.32 Å². The third kappa shape index (κ3) is 7.01. The summed E-state index contributed by atoms with van der Waals surface area (Å²) >= 11 is 0. The summed E-state index contributed by atoms with van der Waals surface area (Å²) in [5.41, 5.74) is -1.56. The van der Waals surface area contributed by atoms with E-state index in [9.17, 15) is 27.2 Å². The molecule has 0 fully saturated rings. The second-order valence-corrected chi connectivity index (χ2v) is 5.97. The molecule has 2 amide bonds. The number of nitrogens with one attached hydrogen (secondary N) is 1. The number of anilines is 1. The van der Waals surface area contributed by atoms with Gasteiger partial charge in [-0.25, -0.2) is 4.39 Å². The van der Waals surface area contributed by atoms with Gasteiger partial charge in [0.15, 0.2) is 0 Å². The van der Waals surface area contributed by atoms with Gasteiger partial charge in [-0.1, -0.05) is 13.8 Å². The van der Waals surface area contributed by atoms with Crippen molar-refractivity contribution in [2.24, 2.45) is 0 Å². The average Bonchev–Trinajstić information content (AvgIpc) is 2.55. The van der Waals surface area contributed by atoms with Crippen LogP contribution < -0.4 is 5.32 Å². The van der Waals surface area contributed by atoms with E-state index < -0.39 is 23.5 Å². The Bertz CT molecular complexity index is 612. The molecule has 0 saturated heterocycles. The molecule has 0 aliphatic rings. The van der Waals surface area contributed by atoms with E-state index in [-0.39, 0.29) is 24.4 Å². The minimum atomic E-state index is -4.83. The molecule has 1 rings (SSSR count). The lowest BCUT2D eigenvalue weighted by atomic mass is 10.1. The molecule has 1 aromatic carbocycles. The van der Waals surface area contributed by atoms with Crippen molar-refractivity contribution in [1.82, 2.24) is 4.90 Å². The Kier molecular flexibility index (Phi) is 8.54. The largest absolute Gasteiger partial charge is 0.419 e. The van der Waals surface area contributed by atoms with Crippen LogP contribution in [0.4, 0.5) is 23.2 Å². The van der Waals surface area contributed by atoms with Gasteiger partial charge in [0.1, 0.15) is 5.82 Å². The number of rotatable bonds is 9. The first kappa shape index (κ1) is 21.9. The van der Waals surface area contributed by atoms with E-state index in [1.165, 1.54) is 0 Å². The maximum absolute atomic E-state index is 13.2. The van der Waals surface area contributed by atoms with Crippen LogP contribution in [0, 0.1) is 5.82 Å². The summed E-state index contributed by atoms with van der Waals surface area (Å²) in [4.78, 5) is 25.7. The lowest BCUT2D eigenvalue weighted by Gasteiger charge is -2.21. The van der Waals surface area contributed by atoms with E-state index in [1.807, 2.05) is 13.8 Å². The normalized spacial score (nSPS) is 11.3. The van der Waals surface area contributed by atoms with E-state index in [1.54, 1.807) is 4.90 Å². The number of carbonyl (C=O) groups excluding carboxylic acids is 2. The number of halogens is 4. The highest BCUT2D eigenvalue weighted by Gasteiger charge is 2.34. The van der Waals surface area contributed by atoms with Crippen LogP contribution in [0.5, 0.6) is 0 Å². The van der Waals surface area contributed by atoms with Crippen molar-refractivity contribution in [2.75, 3.05) is 18.4 Å². The summed E-state index contributed by atoms with van der Waals surface area (Å²) in [5.74, 6) is -1.95. The summed E-state index contributed by atoms with van der Waals surface area (Å²) in [5, 5.41) is 2.30. The molecule has 1 aromatic rings. The molecule has 0 aromatic heterocycles. The van der Waals surface area contributed by atoms with E-state index in [4.69, 9.17) is 0 Å². The molecule has 0 bridgehead atoms. The monoisotopic (exact) mass is 376 g/mol. The quantitative estimate of drug-likeness (QED) is 0.640. The number of hydrogen-bond donors (Lipinski definition) is 1. The van der Waals surface area contributed by atoms with Crippen LogP contribution in [0.1, 0.15) is 51.5 Å². The fourth-order valence-corrected chi connectivity index (χ4v) is 2.50. The Hall–Kier alpha value is -2.12. The Morgan fingerprint density at radius 2 is 1.69 bits per heavy atom. The van der Waals surface area contributed by atoms with Crippen LogP contribution in [0.25, 0.3) is 0 Å². The molecule has 0 aliphatic carbocycles. The van der Waals surface area contributed by atoms with Crippen LogP contribution in [-0.2, 0) is 15.8 Å². The van der Waals surface area contributed by atoms with Gasteiger partial charge in [-0.15, -0.1) is 0 Å². The smallest absolute Gasteiger partial charge is 0.343 e. The zero-order chi connectivity index (χ0) is 19.7. The minimum absolute atomic E-state index is 0.00342. The predicted octanol–water partition coefficient (Wildman–Crippen LogP) is 4.60. The number of amides is 2. The summed E-state index contributed by atoms with van der Waals surface area (Å²) in [6.45, 7) is 5.27. The Balaban J connectivity index is 2.54. The summed E-state index contributed by atoms with van der Waals surface area (Å²) in [7, 11) is 0. The third-order valence-electron chi connectivity index (χ3n) is 3.69. The van der Waals surface area contributed by atoms with Crippen LogP contribution >= 0.6 is 0 Å². The number of nitrogens with zero attached hydrogens (tertiary/aromatic N) is 1. The van der Waals surface area contributed by atoms with Crippen molar-refractivity contribution < 1.29 is 27.2 Å². The number of carbonyl (C=O) groups is 2. The van der Waals surface area contributed by atoms with E-state index in [0.717, 1.165) is 18.9 Å². The van der Waals surface area contributed by atoms with Gasteiger partial charge in [-0.3, -0.25) is 9.59 Å². The van der Waals surface area contributed by atoms with Crippen LogP contribution in [-0.4, -0.2) is 29.8 Å². The Labute approximate surface area is 150 Å². The second kappa shape index (κ2) is 10.1. The van der Waals surface area contributed by atoms with E-state index >= 15 is 0 Å². The van der Waals surface area contributed by atoms with Crippen molar-refractivity contribution in [3.05, 3.63) is 29.6 Å². The molecule has 0 heterocycles. The minimum Gasteiger partial charge on any atom is -0.343 e. The van der Waals surface area contributed by atoms with Crippen molar-refractivity contribution in [3.63, 3.8) is 0 Å². The molecule has 0 aliphatic heterocycles. The summed E-state index contributed by atoms with van der Waals surface area (Å²) in [6.07, 6.45) is -2.65. The highest BCUT2D eigenvalue weighted by Crippen LogP contribution is 2.33. The molecule has 0 unspecified atom stereocenters. The standard InChI is InChI=1S/C18H24F4N2O2/c1-3-10-24(11-4-2)17(26)7-5-6-16(25)23-13-8-9-15(19)14(12-13)18(20,21)22/h8-9,12H,3-7,10-11H2,1-2H3,(H,23,25). The Morgan fingerprint density at radius 3 is 2.23 bits per heavy atom. The molecular formula is C18H24F4N2O2. The molecule has 0 atom stereocenters. The maximum atomic E-state index is 13.2. The zero-order valence-electron chi connectivity index (χ0n) is 15.0. The Morgan fingerprint density at radius 1 is 1.08 bits per heavy atom. The maximum Gasteiger partial charge on any atom is 0.419 e. The van der Waals surface area contributed by atoms with Gasteiger partial charge < -0.3 is 10.2 Å². The molecule has 146 valence electrons. The van der Waals surface area contributed by atoms with Gasteiger partial charge >= 0.3 is 6.18 Å². The van der Waals surface area contributed by atoms with Gasteiger partial charge in [0, 0.05) is 31.6 Å². The highest BCUT2D eigenvalue weighted by molar-refractivity contribution is 5.91.